The normalized spacial score (nSPS) is 15.7. The highest BCUT2D eigenvalue weighted by molar-refractivity contribution is 5.89. The minimum Gasteiger partial charge on any atom is -0.490 e. The molecule has 1 amide bonds. The first-order chi connectivity index (χ1) is 12.1. The fourth-order valence-electron chi connectivity index (χ4n) is 2.93. The van der Waals surface area contributed by atoms with Gasteiger partial charge in [-0.15, -0.1) is 0 Å². The summed E-state index contributed by atoms with van der Waals surface area (Å²) in [6.45, 7) is 2.39. The molecular weight excluding hydrogens is 322 g/mol. The third-order valence-corrected chi connectivity index (χ3v) is 4.07. The summed E-state index contributed by atoms with van der Waals surface area (Å²) >= 11 is 0. The molecule has 25 heavy (non-hydrogen) atoms. The van der Waals surface area contributed by atoms with Crippen LogP contribution in [0.4, 0.5) is 0 Å². The van der Waals surface area contributed by atoms with Crippen LogP contribution >= 0.6 is 0 Å². The predicted octanol–water partition coefficient (Wildman–Crippen LogP) is 1.66. The number of imidazole rings is 1. The Morgan fingerprint density at radius 1 is 1.44 bits per heavy atom. The van der Waals surface area contributed by atoms with Crippen LogP contribution in [0.1, 0.15) is 29.0 Å². The van der Waals surface area contributed by atoms with Crippen molar-refractivity contribution in [1.29, 1.82) is 0 Å². The molecule has 3 heterocycles. The number of fused-ring (bicyclic) bond motifs is 1. The van der Waals surface area contributed by atoms with Gasteiger partial charge in [0.2, 0.25) is 5.89 Å². The fourth-order valence-corrected chi connectivity index (χ4v) is 2.93. The SMILES string of the molecule is CNC(=O)c1noc(Cn2ccnc2-c2ccc3c(c2)C[C@@H](C)O3)n1. The van der Waals surface area contributed by atoms with Gasteiger partial charge in [-0.2, -0.15) is 4.98 Å². The largest absolute Gasteiger partial charge is 0.490 e. The molecule has 3 aromatic rings. The maximum atomic E-state index is 11.5. The molecule has 8 nitrogen and oxygen atoms in total. The van der Waals surface area contributed by atoms with E-state index in [0.29, 0.717) is 12.4 Å². The predicted molar refractivity (Wildman–Crippen MR) is 88.2 cm³/mol. The number of carbonyl (C=O) groups is 1. The van der Waals surface area contributed by atoms with Crippen molar-refractivity contribution in [3.8, 4) is 17.1 Å². The van der Waals surface area contributed by atoms with Crippen molar-refractivity contribution < 1.29 is 14.1 Å². The van der Waals surface area contributed by atoms with E-state index < -0.39 is 0 Å². The molecule has 4 rings (SSSR count). The zero-order valence-corrected chi connectivity index (χ0v) is 13.9. The second kappa shape index (κ2) is 6.04. The zero-order chi connectivity index (χ0) is 17.4. The molecule has 1 aliphatic heterocycles. The van der Waals surface area contributed by atoms with Crippen LogP contribution in [0.3, 0.4) is 0 Å². The first-order valence-electron chi connectivity index (χ1n) is 8.00. The minimum atomic E-state index is -0.381. The third kappa shape index (κ3) is 2.86. The average Bonchev–Trinajstić information content (AvgIpc) is 3.32. The summed E-state index contributed by atoms with van der Waals surface area (Å²) in [4.78, 5) is 20.1. The summed E-state index contributed by atoms with van der Waals surface area (Å²) < 4.78 is 12.8. The second-order valence-electron chi connectivity index (χ2n) is 5.92. The summed E-state index contributed by atoms with van der Waals surface area (Å²) in [5, 5.41) is 6.14. The van der Waals surface area contributed by atoms with Crippen LogP contribution in [0, 0.1) is 0 Å². The number of rotatable bonds is 4. The molecule has 0 spiro atoms. The summed E-state index contributed by atoms with van der Waals surface area (Å²) in [7, 11) is 1.52. The van der Waals surface area contributed by atoms with Gasteiger partial charge < -0.3 is 19.1 Å². The molecule has 1 N–H and O–H groups in total. The van der Waals surface area contributed by atoms with E-state index in [1.54, 1.807) is 6.20 Å². The number of ether oxygens (including phenoxy) is 1. The summed E-state index contributed by atoms with van der Waals surface area (Å²) in [5.41, 5.74) is 2.17. The lowest BCUT2D eigenvalue weighted by Crippen LogP contribution is -2.19. The Hall–Kier alpha value is -3.16. The number of amides is 1. The van der Waals surface area contributed by atoms with Gasteiger partial charge in [0.05, 0.1) is 0 Å². The third-order valence-electron chi connectivity index (χ3n) is 4.07. The fraction of sp³-hybridized carbons (Fsp3) is 0.294. The number of benzene rings is 1. The van der Waals surface area contributed by atoms with Gasteiger partial charge in [-0.05, 0) is 30.7 Å². The van der Waals surface area contributed by atoms with E-state index in [4.69, 9.17) is 9.26 Å². The summed E-state index contributed by atoms with van der Waals surface area (Å²) in [6, 6.07) is 6.06. The highest BCUT2D eigenvalue weighted by Crippen LogP contribution is 2.32. The van der Waals surface area contributed by atoms with Crippen molar-refractivity contribution in [2.75, 3.05) is 7.05 Å². The van der Waals surface area contributed by atoms with Crippen molar-refractivity contribution in [3.63, 3.8) is 0 Å². The molecule has 0 radical (unpaired) electrons. The first-order valence-corrected chi connectivity index (χ1v) is 8.00. The molecule has 2 aromatic heterocycles. The van der Waals surface area contributed by atoms with Gasteiger partial charge in [0, 0.05) is 31.4 Å². The molecule has 0 unspecified atom stereocenters. The number of nitrogens with zero attached hydrogens (tertiary/aromatic N) is 4. The van der Waals surface area contributed by atoms with Crippen molar-refractivity contribution in [2.24, 2.45) is 0 Å². The standard InChI is InChI=1S/C17H17N5O3/c1-10-7-12-8-11(3-4-13(12)24-10)16-19-5-6-22(16)9-14-20-15(21-25-14)17(23)18-2/h3-6,8,10H,7,9H2,1-2H3,(H,18,23)/t10-/m1/s1. The number of nitrogens with one attached hydrogen (secondary N) is 1. The molecule has 0 saturated carbocycles. The van der Waals surface area contributed by atoms with Crippen LogP contribution in [0.2, 0.25) is 0 Å². The Morgan fingerprint density at radius 2 is 2.32 bits per heavy atom. The van der Waals surface area contributed by atoms with Gasteiger partial charge in [0.25, 0.3) is 11.7 Å². The van der Waals surface area contributed by atoms with Crippen LogP contribution in [0.5, 0.6) is 5.75 Å². The smallest absolute Gasteiger partial charge is 0.292 e. The second-order valence-corrected chi connectivity index (χ2v) is 5.92. The van der Waals surface area contributed by atoms with Gasteiger partial charge in [-0.3, -0.25) is 4.79 Å². The van der Waals surface area contributed by atoms with Crippen molar-refractivity contribution in [1.82, 2.24) is 25.0 Å². The molecule has 0 saturated heterocycles. The van der Waals surface area contributed by atoms with Crippen LogP contribution in [0.25, 0.3) is 11.4 Å². The van der Waals surface area contributed by atoms with E-state index in [9.17, 15) is 4.79 Å². The molecule has 1 atom stereocenters. The van der Waals surface area contributed by atoms with Crippen LogP contribution in [-0.2, 0) is 13.0 Å². The maximum Gasteiger partial charge on any atom is 0.292 e. The van der Waals surface area contributed by atoms with E-state index >= 15 is 0 Å². The first kappa shape index (κ1) is 15.4. The Bertz CT molecular complexity index is 930. The molecule has 0 bridgehead atoms. The molecule has 1 aromatic carbocycles. The minimum absolute atomic E-state index is 0.0165. The Labute approximate surface area is 143 Å². The number of hydrogen-bond donors (Lipinski definition) is 1. The molecular formula is C17H17N5O3. The lowest BCUT2D eigenvalue weighted by atomic mass is 10.1. The van der Waals surface area contributed by atoms with Gasteiger partial charge in [-0.25, -0.2) is 4.98 Å². The van der Waals surface area contributed by atoms with Crippen molar-refractivity contribution in [2.45, 2.75) is 26.0 Å². The number of carbonyl (C=O) groups excluding carboxylic acids is 1. The number of aromatic nitrogens is 4. The van der Waals surface area contributed by atoms with Gasteiger partial charge >= 0.3 is 0 Å². The summed E-state index contributed by atoms with van der Waals surface area (Å²) in [5.74, 6) is 1.70. The van der Waals surface area contributed by atoms with Crippen LogP contribution in [0.15, 0.2) is 35.1 Å². The molecule has 128 valence electrons. The van der Waals surface area contributed by atoms with E-state index in [1.807, 2.05) is 22.9 Å². The van der Waals surface area contributed by atoms with Gasteiger partial charge in [-0.1, -0.05) is 5.16 Å². The lowest BCUT2D eigenvalue weighted by molar-refractivity contribution is 0.0950. The van der Waals surface area contributed by atoms with Gasteiger partial charge in [0.1, 0.15) is 24.2 Å². The molecule has 0 fully saturated rings. The Balaban J connectivity index is 1.60. The van der Waals surface area contributed by atoms with Crippen LogP contribution in [-0.4, -0.2) is 38.8 Å². The number of hydrogen-bond acceptors (Lipinski definition) is 6. The maximum absolute atomic E-state index is 11.5. The lowest BCUT2D eigenvalue weighted by Gasteiger charge is -2.07. The van der Waals surface area contributed by atoms with Crippen LogP contribution < -0.4 is 10.1 Å². The van der Waals surface area contributed by atoms with E-state index in [0.717, 1.165) is 23.6 Å². The zero-order valence-electron chi connectivity index (χ0n) is 13.9. The molecule has 1 aliphatic rings. The topological polar surface area (TPSA) is 95.1 Å². The van der Waals surface area contributed by atoms with E-state index in [-0.39, 0.29) is 17.8 Å². The van der Waals surface area contributed by atoms with Crippen molar-refractivity contribution in [3.05, 3.63) is 47.9 Å². The van der Waals surface area contributed by atoms with Crippen molar-refractivity contribution >= 4 is 5.91 Å². The Kier molecular flexibility index (Phi) is 3.72. The van der Waals surface area contributed by atoms with Gasteiger partial charge in [0.15, 0.2) is 0 Å². The highest BCUT2D eigenvalue weighted by Gasteiger charge is 2.20. The quantitative estimate of drug-likeness (QED) is 0.777. The monoisotopic (exact) mass is 339 g/mol. The molecule has 8 heteroatoms. The average molecular weight is 339 g/mol. The summed E-state index contributed by atoms with van der Waals surface area (Å²) in [6.07, 6.45) is 4.65. The van der Waals surface area contributed by atoms with E-state index in [2.05, 4.69) is 33.4 Å². The molecule has 0 aliphatic carbocycles. The van der Waals surface area contributed by atoms with E-state index in [1.165, 1.54) is 12.6 Å². The Morgan fingerprint density at radius 3 is 3.16 bits per heavy atom. The highest BCUT2D eigenvalue weighted by atomic mass is 16.5.